The van der Waals surface area contributed by atoms with Crippen molar-refractivity contribution >= 4 is 5.97 Å². The van der Waals surface area contributed by atoms with Crippen molar-refractivity contribution < 1.29 is 22.7 Å². The first-order chi connectivity index (χ1) is 11.4. The van der Waals surface area contributed by atoms with Crippen molar-refractivity contribution in [3.05, 3.63) is 59.7 Å². The van der Waals surface area contributed by atoms with E-state index >= 15 is 0 Å². The van der Waals surface area contributed by atoms with Gasteiger partial charge in [-0.05, 0) is 35.7 Å². The lowest BCUT2D eigenvalue weighted by atomic mass is 10.0. The van der Waals surface area contributed by atoms with Gasteiger partial charge in [-0.2, -0.15) is 13.2 Å². The van der Waals surface area contributed by atoms with E-state index in [1.54, 1.807) is 6.92 Å². The zero-order valence-electron chi connectivity index (χ0n) is 13.2. The van der Waals surface area contributed by atoms with Gasteiger partial charge in [-0.15, -0.1) is 0 Å². The van der Waals surface area contributed by atoms with Crippen LogP contribution in [0.15, 0.2) is 48.5 Å². The highest BCUT2D eigenvalue weighted by atomic mass is 19.4. The minimum absolute atomic E-state index is 0.133. The molecule has 0 bridgehead atoms. The van der Waals surface area contributed by atoms with Crippen molar-refractivity contribution in [1.82, 2.24) is 5.32 Å². The fourth-order valence-electron chi connectivity index (χ4n) is 2.19. The number of halogens is 3. The van der Waals surface area contributed by atoms with Crippen LogP contribution in [0, 0.1) is 0 Å². The second-order valence-corrected chi connectivity index (χ2v) is 5.18. The summed E-state index contributed by atoms with van der Waals surface area (Å²) in [6.07, 6.45) is -4.33. The van der Waals surface area contributed by atoms with Gasteiger partial charge < -0.3 is 10.1 Å². The average Bonchev–Trinajstić information content (AvgIpc) is 2.55. The van der Waals surface area contributed by atoms with E-state index < -0.39 is 11.7 Å². The van der Waals surface area contributed by atoms with Crippen LogP contribution in [0.1, 0.15) is 18.1 Å². The molecule has 2 aromatic rings. The lowest BCUT2D eigenvalue weighted by Crippen LogP contribution is -2.24. The number of benzene rings is 2. The Balaban J connectivity index is 1.95. The van der Waals surface area contributed by atoms with Crippen LogP contribution in [0.25, 0.3) is 11.1 Å². The van der Waals surface area contributed by atoms with Crippen molar-refractivity contribution in [3.63, 3.8) is 0 Å². The lowest BCUT2D eigenvalue weighted by Gasteiger charge is -2.09. The summed E-state index contributed by atoms with van der Waals surface area (Å²) in [4.78, 5) is 11.2. The van der Waals surface area contributed by atoms with Gasteiger partial charge in [0.05, 0.1) is 18.7 Å². The minimum Gasteiger partial charge on any atom is -0.465 e. The molecule has 0 fully saturated rings. The number of alkyl halides is 3. The maximum atomic E-state index is 12.6. The summed E-state index contributed by atoms with van der Waals surface area (Å²) in [5, 5.41) is 2.97. The molecule has 1 N–H and O–H groups in total. The Bertz CT molecular complexity index is 664. The first-order valence-corrected chi connectivity index (χ1v) is 7.53. The van der Waals surface area contributed by atoms with Crippen LogP contribution in [0.4, 0.5) is 13.2 Å². The molecule has 0 aromatic heterocycles. The quantitative estimate of drug-likeness (QED) is 0.809. The van der Waals surface area contributed by atoms with Crippen LogP contribution >= 0.6 is 0 Å². The molecule has 0 saturated heterocycles. The summed E-state index contributed by atoms with van der Waals surface area (Å²) in [5.41, 5.74) is 1.85. The second-order valence-electron chi connectivity index (χ2n) is 5.18. The first-order valence-electron chi connectivity index (χ1n) is 7.53. The number of carbonyl (C=O) groups excluding carboxylic acids is 1. The maximum absolute atomic E-state index is 12.6. The van der Waals surface area contributed by atoms with Crippen LogP contribution in [0.5, 0.6) is 0 Å². The van der Waals surface area contributed by atoms with Gasteiger partial charge in [0, 0.05) is 6.54 Å². The van der Waals surface area contributed by atoms with Gasteiger partial charge in [0.2, 0.25) is 0 Å². The van der Waals surface area contributed by atoms with Gasteiger partial charge in [0.15, 0.2) is 0 Å². The van der Waals surface area contributed by atoms with Gasteiger partial charge in [-0.3, -0.25) is 4.79 Å². The van der Waals surface area contributed by atoms with E-state index in [4.69, 9.17) is 4.74 Å². The predicted octanol–water partition coefficient (Wildman–Crippen LogP) is 4.03. The molecule has 6 heteroatoms. The fourth-order valence-corrected chi connectivity index (χ4v) is 2.19. The van der Waals surface area contributed by atoms with Gasteiger partial charge in [0.1, 0.15) is 0 Å². The summed E-state index contributed by atoms with van der Waals surface area (Å²) >= 11 is 0. The molecule has 3 nitrogen and oxygen atoms in total. The number of carbonyl (C=O) groups is 1. The number of nitrogens with one attached hydrogen (secondary N) is 1. The molecule has 24 heavy (non-hydrogen) atoms. The predicted molar refractivity (Wildman–Crippen MR) is 85.2 cm³/mol. The van der Waals surface area contributed by atoms with E-state index in [1.165, 1.54) is 12.1 Å². The number of rotatable bonds is 6. The van der Waals surface area contributed by atoms with E-state index in [9.17, 15) is 18.0 Å². The number of hydrogen-bond acceptors (Lipinski definition) is 3. The van der Waals surface area contributed by atoms with E-state index in [1.807, 2.05) is 24.3 Å². The zero-order chi connectivity index (χ0) is 17.6. The van der Waals surface area contributed by atoms with Crippen LogP contribution in [0.2, 0.25) is 0 Å². The molecular formula is C18H18F3NO2. The lowest BCUT2D eigenvalue weighted by molar-refractivity contribution is -0.142. The number of esters is 1. The van der Waals surface area contributed by atoms with Crippen LogP contribution in [-0.2, 0) is 22.3 Å². The minimum atomic E-state index is -4.33. The highest BCUT2D eigenvalue weighted by Crippen LogP contribution is 2.30. The standard InChI is InChI=1S/C18H18F3NO2/c1-2-24-17(23)12-22-11-13-3-5-14(6-4-13)15-7-9-16(10-8-15)18(19,20)21/h3-10,22H,2,11-12H2,1H3. The maximum Gasteiger partial charge on any atom is 0.416 e. The molecule has 0 unspecified atom stereocenters. The highest BCUT2D eigenvalue weighted by Gasteiger charge is 2.29. The molecule has 0 amide bonds. The van der Waals surface area contributed by atoms with E-state index in [2.05, 4.69) is 5.32 Å². The largest absolute Gasteiger partial charge is 0.465 e. The van der Waals surface area contributed by atoms with Crippen LogP contribution < -0.4 is 5.32 Å². The normalized spacial score (nSPS) is 11.3. The molecule has 0 radical (unpaired) electrons. The third kappa shape index (κ3) is 5.09. The molecule has 0 aliphatic carbocycles. The monoisotopic (exact) mass is 337 g/mol. The van der Waals surface area contributed by atoms with Gasteiger partial charge in [-0.1, -0.05) is 36.4 Å². The van der Waals surface area contributed by atoms with E-state index in [-0.39, 0.29) is 12.5 Å². The van der Waals surface area contributed by atoms with Crippen LogP contribution in [-0.4, -0.2) is 19.1 Å². The third-order valence-corrected chi connectivity index (χ3v) is 3.40. The average molecular weight is 337 g/mol. The van der Waals surface area contributed by atoms with Crippen molar-refractivity contribution in [2.75, 3.05) is 13.2 Å². The second kappa shape index (κ2) is 7.97. The molecule has 2 aromatic carbocycles. The molecule has 0 aliphatic heterocycles. The Labute approximate surface area is 138 Å². The topological polar surface area (TPSA) is 38.3 Å². The molecule has 0 aliphatic rings. The van der Waals surface area contributed by atoms with Crippen molar-refractivity contribution in [3.8, 4) is 11.1 Å². The van der Waals surface area contributed by atoms with E-state index in [0.29, 0.717) is 18.7 Å². The fraction of sp³-hybridized carbons (Fsp3) is 0.278. The summed E-state index contributed by atoms with van der Waals surface area (Å²) in [5.74, 6) is -0.307. The number of hydrogen-bond donors (Lipinski definition) is 1. The molecule has 128 valence electrons. The van der Waals surface area contributed by atoms with Crippen molar-refractivity contribution in [1.29, 1.82) is 0 Å². The SMILES string of the molecule is CCOC(=O)CNCc1ccc(-c2ccc(C(F)(F)F)cc2)cc1. The van der Waals surface area contributed by atoms with Gasteiger partial charge >= 0.3 is 12.1 Å². The Morgan fingerprint density at radius 1 is 1.00 bits per heavy atom. The van der Waals surface area contributed by atoms with Crippen LogP contribution in [0.3, 0.4) is 0 Å². The van der Waals surface area contributed by atoms with Gasteiger partial charge in [0.25, 0.3) is 0 Å². The summed E-state index contributed by atoms with van der Waals surface area (Å²) in [7, 11) is 0. The Morgan fingerprint density at radius 2 is 1.54 bits per heavy atom. The smallest absolute Gasteiger partial charge is 0.416 e. The molecule has 0 heterocycles. The van der Waals surface area contributed by atoms with Crippen molar-refractivity contribution in [2.45, 2.75) is 19.6 Å². The molecule has 0 spiro atoms. The Morgan fingerprint density at radius 3 is 2.04 bits per heavy atom. The number of ether oxygens (including phenoxy) is 1. The molecule has 2 rings (SSSR count). The van der Waals surface area contributed by atoms with E-state index in [0.717, 1.165) is 23.3 Å². The zero-order valence-corrected chi connectivity index (χ0v) is 13.2. The molecular weight excluding hydrogens is 319 g/mol. The Kier molecular flexibility index (Phi) is 5.98. The molecule has 0 atom stereocenters. The molecule has 0 saturated carbocycles. The van der Waals surface area contributed by atoms with Gasteiger partial charge in [-0.25, -0.2) is 0 Å². The third-order valence-electron chi connectivity index (χ3n) is 3.40. The highest BCUT2D eigenvalue weighted by molar-refractivity contribution is 5.71. The summed E-state index contributed by atoms with van der Waals surface area (Å²) < 4.78 is 42.5. The Hall–Kier alpha value is -2.34. The summed E-state index contributed by atoms with van der Waals surface area (Å²) in [6, 6.07) is 12.5. The first kappa shape index (κ1) is 18.0. The summed E-state index contributed by atoms with van der Waals surface area (Å²) in [6.45, 7) is 2.74. The van der Waals surface area contributed by atoms with Crippen molar-refractivity contribution in [2.24, 2.45) is 0 Å².